The van der Waals surface area contributed by atoms with E-state index in [9.17, 15) is 19.8 Å². The summed E-state index contributed by atoms with van der Waals surface area (Å²) in [7, 11) is 0. The van der Waals surface area contributed by atoms with Crippen LogP contribution in [0.15, 0.2) is 12.2 Å². The average molecular weight is 862 g/mol. The van der Waals surface area contributed by atoms with Gasteiger partial charge in [-0.2, -0.15) is 0 Å². The van der Waals surface area contributed by atoms with Crippen molar-refractivity contribution in [2.45, 2.75) is 322 Å². The van der Waals surface area contributed by atoms with Crippen molar-refractivity contribution in [2.24, 2.45) is 0 Å². The lowest BCUT2D eigenvalue weighted by Crippen LogP contribution is -2.46. The molecule has 3 unspecified atom stereocenters. The van der Waals surface area contributed by atoms with Crippen molar-refractivity contribution in [1.82, 2.24) is 5.32 Å². The van der Waals surface area contributed by atoms with Crippen LogP contribution in [0.2, 0.25) is 0 Å². The molecule has 6 nitrogen and oxygen atoms in total. The summed E-state index contributed by atoms with van der Waals surface area (Å²) < 4.78 is 5.92. The van der Waals surface area contributed by atoms with E-state index in [4.69, 9.17) is 4.74 Å². The zero-order chi connectivity index (χ0) is 44.5. The van der Waals surface area contributed by atoms with Gasteiger partial charge in [-0.25, -0.2) is 0 Å². The molecular weight excluding hydrogens is 755 g/mol. The Bertz CT molecular complexity index is 924. The number of ether oxygens (including phenoxy) is 1. The van der Waals surface area contributed by atoms with Crippen LogP contribution in [0.25, 0.3) is 0 Å². The number of aliphatic hydroxyl groups is 2. The molecule has 0 spiro atoms. The van der Waals surface area contributed by atoms with Crippen molar-refractivity contribution >= 4 is 11.9 Å². The lowest BCUT2D eigenvalue weighted by molar-refractivity contribution is -0.151. The second-order valence-corrected chi connectivity index (χ2v) is 19.0. The molecule has 0 radical (unpaired) electrons. The molecule has 0 rings (SSSR count). The van der Waals surface area contributed by atoms with Gasteiger partial charge in [-0.3, -0.25) is 9.59 Å². The molecule has 0 aromatic rings. The van der Waals surface area contributed by atoms with E-state index in [1.807, 2.05) is 0 Å². The van der Waals surface area contributed by atoms with E-state index in [2.05, 4.69) is 38.2 Å². The molecule has 0 fully saturated rings. The third kappa shape index (κ3) is 45.0. The fourth-order valence-electron chi connectivity index (χ4n) is 8.65. The second-order valence-electron chi connectivity index (χ2n) is 19.0. The van der Waals surface area contributed by atoms with Gasteiger partial charge in [0.15, 0.2) is 0 Å². The van der Waals surface area contributed by atoms with Crippen LogP contribution in [-0.2, 0) is 14.3 Å². The highest BCUT2D eigenvalue weighted by Gasteiger charge is 2.24. The summed E-state index contributed by atoms with van der Waals surface area (Å²) in [4.78, 5) is 26.1. The van der Waals surface area contributed by atoms with E-state index in [0.29, 0.717) is 19.3 Å². The largest absolute Gasteiger partial charge is 0.462 e. The minimum absolute atomic E-state index is 0.0734. The number of hydrogen-bond acceptors (Lipinski definition) is 5. The first-order valence-corrected chi connectivity index (χ1v) is 27.4. The number of allylic oxidation sites excluding steroid dienone is 2. The molecule has 3 N–H and O–H groups in total. The van der Waals surface area contributed by atoms with Crippen LogP contribution in [0.1, 0.15) is 303 Å². The lowest BCUT2D eigenvalue weighted by atomic mass is 10.0. The molecule has 0 heterocycles. The average Bonchev–Trinajstić information content (AvgIpc) is 3.25. The SMILES string of the molecule is CCCC/C=C\CCCCCC(CC(=O)NC(CO)C(O)CCCCCCCCCCCCCCCCCCC)OC(=O)CCCCCCCCCCCCCCCCCC. The first kappa shape index (κ1) is 59.6. The summed E-state index contributed by atoms with van der Waals surface area (Å²) >= 11 is 0. The van der Waals surface area contributed by atoms with Gasteiger partial charge < -0.3 is 20.3 Å². The Balaban J connectivity index is 4.36. The quantitative estimate of drug-likeness (QED) is 0.0322. The molecule has 0 aromatic heterocycles. The highest BCUT2D eigenvalue weighted by atomic mass is 16.5. The van der Waals surface area contributed by atoms with Crippen molar-refractivity contribution in [3.63, 3.8) is 0 Å². The van der Waals surface area contributed by atoms with Gasteiger partial charge in [0, 0.05) is 6.42 Å². The van der Waals surface area contributed by atoms with Crippen molar-refractivity contribution < 1.29 is 24.5 Å². The van der Waals surface area contributed by atoms with Crippen LogP contribution < -0.4 is 5.32 Å². The van der Waals surface area contributed by atoms with E-state index >= 15 is 0 Å². The maximum Gasteiger partial charge on any atom is 0.306 e. The van der Waals surface area contributed by atoms with Crippen molar-refractivity contribution in [1.29, 1.82) is 0 Å². The molecule has 0 aliphatic carbocycles. The standard InChI is InChI=1S/C55H107NO5/c1-4-7-10-13-16-19-21-23-25-27-28-30-32-35-38-41-44-47-53(58)52(50-57)56-54(59)49-51(46-43-40-37-34-18-15-12-9-6-3)61-55(60)48-45-42-39-36-33-31-29-26-24-22-20-17-14-11-8-5-2/h15,18,51-53,57-58H,4-14,16-17,19-50H2,1-3H3,(H,56,59)/b18-15-. The number of carbonyl (C=O) groups excluding carboxylic acids is 2. The van der Waals surface area contributed by atoms with Gasteiger partial charge in [-0.15, -0.1) is 0 Å². The Hall–Kier alpha value is -1.40. The minimum atomic E-state index is -0.786. The van der Waals surface area contributed by atoms with Crippen LogP contribution in [0.3, 0.4) is 0 Å². The molecule has 1 amide bonds. The van der Waals surface area contributed by atoms with Gasteiger partial charge in [0.05, 0.1) is 25.2 Å². The number of hydrogen-bond donors (Lipinski definition) is 3. The van der Waals surface area contributed by atoms with Crippen molar-refractivity contribution in [3.05, 3.63) is 12.2 Å². The van der Waals surface area contributed by atoms with Gasteiger partial charge in [0.2, 0.25) is 5.91 Å². The van der Waals surface area contributed by atoms with E-state index in [1.54, 1.807) is 0 Å². The maximum atomic E-state index is 13.2. The van der Waals surface area contributed by atoms with Crippen LogP contribution in [0, 0.1) is 0 Å². The predicted molar refractivity (Wildman–Crippen MR) is 264 cm³/mol. The normalized spacial score (nSPS) is 13.2. The second kappa shape index (κ2) is 49.6. The van der Waals surface area contributed by atoms with E-state index in [1.165, 1.54) is 193 Å². The summed E-state index contributed by atoms with van der Waals surface area (Å²) in [5.41, 5.74) is 0. The van der Waals surface area contributed by atoms with Crippen LogP contribution >= 0.6 is 0 Å². The van der Waals surface area contributed by atoms with Gasteiger partial charge >= 0.3 is 5.97 Å². The smallest absolute Gasteiger partial charge is 0.306 e. The highest BCUT2D eigenvalue weighted by Crippen LogP contribution is 2.19. The molecule has 0 saturated heterocycles. The minimum Gasteiger partial charge on any atom is -0.462 e. The Morgan fingerprint density at radius 2 is 0.803 bits per heavy atom. The van der Waals surface area contributed by atoms with Gasteiger partial charge in [-0.1, -0.05) is 258 Å². The van der Waals surface area contributed by atoms with Gasteiger partial charge in [-0.05, 0) is 44.9 Å². The fraction of sp³-hybridized carbons (Fsp3) is 0.927. The molecule has 61 heavy (non-hydrogen) atoms. The number of nitrogens with one attached hydrogen (secondary N) is 1. The van der Waals surface area contributed by atoms with E-state index < -0.39 is 18.2 Å². The zero-order valence-electron chi connectivity index (χ0n) is 41.3. The van der Waals surface area contributed by atoms with E-state index in [-0.39, 0.29) is 24.9 Å². The van der Waals surface area contributed by atoms with Crippen LogP contribution in [0.4, 0.5) is 0 Å². The topological polar surface area (TPSA) is 95.9 Å². The summed E-state index contributed by atoms with van der Waals surface area (Å²) in [6.07, 6.45) is 55.7. The molecule has 0 bridgehead atoms. The van der Waals surface area contributed by atoms with Crippen LogP contribution in [-0.4, -0.2) is 46.9 Å². The third-order valence-corrected chi connectivity index (χ3v) is 12.8. The number of amides is 1. The van der Waals surface area contributed by atoms with Crippen molar-refractivity contribution in [3.8, 4) is 0 Å². The monoisotopic (exact) mass is 862 g/mol. The zero-order valence-corrected chi connectivity index (χ0v) is 41.3. The lowest BCUT2D eigenvalue weighted by Gasteiger charge is -2.24. The van der Waals surface area contributed by atoms with Crippen molar-refractivity contribution in [2.75, 3.05) is 6.61 Å². The molecule has 362 valence electrons. The summed E-state index contributed by atoms with van der Waals surface area (Å²) in [6, 6.07) is -0.700. The number of esters is 1. The molecule has 0 aliphatic rings. The summed E-state index contributed by atoms with van der Waals surface area (Å²) in [5, 5.41) is 23.8. The fourth-order valence-corrected chi connectivity index (χ4v) is 8.65. The summed E-state index contributed by atoms with van der Waals surface area (Å²) in [5.74, 6) is -0.473. The molecule has 0 saturated carbocycles. The van der Waals surface area contributed by atoms with Crippen LogP contribution in [0.5, 0.6) is 0 Å². The van der Waals surface area contributed by atoms with E-state index in [0.717, 1.165) is 64.2 Å². The molecule has 3 atom stereocenters. The first-order chi connectivity index (χ1) is 30.0. The molecular formula is C55H107NO5. The Kier molecular flexibility index (Phi) is 48.5. The molecule has 6 heteroatoms. The highest BCUT2D eigenvalue weighted by molar-refractivity contribution is 5.77. The number of unbranched alkanes of at least 4 members (excludes halogenated alkanes) is 36. The number of aliphatic hydroxyl groups excluding tert-OH is 2. The molecule has 0 aromatic carbocycles. The van der Waals surface area contributed by atoms with Gasteiger partial charge in [0.1, 0.15) is 6.10 Å². The number of rotatable bonds is 50. The Labute approximate surface area is 380 Å². The van der Waals surface area contributed by atoms with Gasteiger partial charge in [0.25, 0.3) is 0 Å². The number of carbonyl (C=O) groups is 2. The Morgan fingerprint density at radius 3 is 1.21 bits per heavy atom. The Morgan fingerprint density at radius 1 is 0.459 bits per heavy atom. The third-order valence-electron chi connectivity index (χ3n) is 12.8. The summed E-state index contributed by atoms with van der Waals surface area (Å²) in [6.45, 7) is 6.47. The maximum absolute atomic E-state index is 13.2. The predicted octanol–water partition coefficient (Wildman–Crippen LogP) is 16.5. The molecule has 0 aliphatic heterocycles. The first-order valence-electron chi connectivity index (χ1n) is 27.4.